The van der Waals surface area contributed by atoms with Crippen molar-refractivity contribution in [3.8, 4) is 0 Å². The molecule has 0 radical (unpaired) electrons. The lowest BCUT2D eigenvalue weighted by molar-refractivity contribution is 0.389. The van der Waals surface area contributed by atoms with Crippen molar-refractivity contribution in [2.24, 2.45) is 5.73 Å². The predicted octanol–water partition coefficient (Wildman–Crippen LogP) is 2.26. The number of rotatable bonds is 3. The predicted molar refractivity (Wildman–Crippen MR) is 45.7 cm³/mol. The lowest BCUT2D eigenvalue weighted by Gasteiger charge is -2.03. The molecule has 0 aliphatic carbocycles. The molecule has 2 N–H and O–H groups in total. The van der Waals surface area contributed by atoms with Crippen molar-refractivity contribution in [3.63, 3.8) is 0 Å². The fourth-order valence-electron chi connectivity index (χ4n) is 1.04. The molecule has 2 nitrogen and oxygen atoms in total. The standard InChI is InChI=1S/C9H14FNO/c1-6-5-9(12-7(6)2)8(11)3-4-10/h5,8H,3-4,11H2,1-2H3/t8-/m0/s1. The molecule has 0 amide bonds. The largest absolute Gasteiger partial charge is 0.464 e. The molecule has 0 aliphatic heterocycles. The highest BCUT2D eigenvalue weighted by molar-refractivity contribution is 5.20. The Labute approximate surface area is 71.6 Å². The van der Waals surface area contributed by atoms with E-state index in [0.29, 0.717) is 12.2 Å². The zero-order chi connectivity index (χ0) is 9.14. The third-order valence-electron chi connectivity index (χ3n) is 1.97. The van der Waals surface area contributed by atoms with E-state index in [2.05, 4.69) is 0 Å². The molecule has 1 rings (SSSR count). The van der Waals surface area contributed by atoms with E-state index >= 15 is 0 Å². The Bertz CT molecular complexity index is 238. The monoisotopic (exact) mass is 171 g/mol. The third kappa shape index (κ3) is 1.85. The molecule has 1 aromatic heterocycles. The minimum absolute atomic E-state index is 0.303. The number of hydrogen-bond donors (Lipinski definition) is 1. The average Bonchev–Trinajstić information content (AvgIpc) is 2.33. The van der Waals surface area contributed by atoms with Crippen LogP contribution in [0.15, 0.2) is 10.5 Å². The summed E-state index contributed by atoms with van der Waals surface area (Å²) >= 11 is 0. The van der Waals surface area contributed by atoms with Crippen LogP contribution in [0.4, 0.5) is 4.39 Å². The fraction of sp³-hybridized carbons (Fsp3) is 0.556. The van der Waals surface area contributed by atoms with E-state index in [-0.39, 0.29) is 6.04 Å². The molecule has 0 aromatic carbocycles. The van der Waals surface area contributed by atoms with Crippen LogP contribution < -0.4 is 5.73 Å². The Morgan fingerprint density at radius 3 is 2.67 bits per heavy atom. The summed E-state index contributed by atoms with van der Waals surface area (Å²) in [6.07, 6.45) is 0.326. The molecule has 1 heterocycles. The maximum absolute atomic E-state index is 11.9. The molecule has 3 heteroatoms. The highest BCUT2D eigenvalue weighted by atomic mass is 19.1. The van der Waals surface area contributed by atoms with Crippen LogP contribution in [-0.2, 0) is 0 Å². The van der Waals surface area contributed by atoms with Gasteiger partial charge in [0.1, 0.15) is 11.5 Å². The van der Waals surface area contributed by atoms with E-state index < -0.39 is 6.67 Å². The van der Waals surface area contributed by atoms with E-state index in [9.17, 15) is 4.39 Å². The lowest BCUT2D eigenvalue weighted by atomic mass is 10.1. The molecule has 0 unspecified atom stereocenters. The molecule has 0 bridgehead atoms. The van der Waals surface area contributed by atoms with Crippen molar-refractivity contribution >= 4 is 0 Å². The van der Waals surface area contributed by atoms with Gasteiger partial charge in [-0.2, -0.15) is 0 Å². The first-order chi connectivity index (χ1) is 5.65. The Hall–Kier alpha value is -0.830. The summed E-state index contributed by atoms with van der Waals surface area (Å²) in [6.45, 7) is 3.42. The smallest absolute Gasteiger partial charge is 0.121 e. The average molecular weight is 171 g/mol. The second-order valence-electron chi connectivity index (χ2n) is 2.97. The highest BCUT2D eigenvalue weighted by Crippen LogP contribution is 2.20. The first-order valence-corrected chi connectivity index (χ1v) is 4.03. The summed E-state index contributed by atoms with van der Waals surface area (Å²) in [5.74, 6) is 1.54. The quantitative estimate of drug-likeness (QED) is 0.757. The maximum atomic E-state index is 11.9. The van der Waals surface area contributed by atoms with Crippen LogP contribution in [0, 0.1) is 13.8 Å². The van der Waals surface area contributed by atoms with Gasteiger partial charge in [0.15, 0.2) is 0 Å². The molecule has 0 fully saturated rings. The van der Waals surface area contributed by atoms with Gasteiger partial charge >= 0.3 is 0 Å². The van der Waals surface area contributed by atoms with Gasteiger partial charge in [0.25, 0.3) is 0 Å². The van der Waals surface area contributed by atoms with E-state index in [1.807, 2.05) is 19.9 Å². The van der Waals surface area contributed by atoms with E-state index in [0.717, 1.165) is 11.3 Å². The van der Waals surface area contributed by atoms with Gasteiger partial charge in [-0.1, -0.05) is 0 Å². The Kier molecular flexibility index (Phi) is 2.87. The van der Waals surface area contributed by atoms with Gasteiger partial charge in [0.2, 0.25) is 0 Å². The van der Waals surface area contributed by atoms with Gasteiger partial charge in [-0.3, -0.25) is 4.39 Å². The number of hydrogen-bond acceptors (Lipinski definition) is 2. The fourth-order valence-corrected chi connectivity index (χ4v) is 1.04. The van der Waals surface area contributed by atoms with Gasteiger partial charge in [0, 0.05) is 0 Å². The van der Waals surface area contributed by atoms with Crippen molar-refractivity contribution in [2.45, 2.75) is 26.3 Å². The minimum Gasteiger partial charge on any atom is -0.464 e. The maximum Gasteiger partial charge on any atom is 0.121 e. The van der Waals surface area contributed by atoms with Crippen LogP contribution in [0.5, 0.6) is 0 Å². The second kappa shape index (κ2) is 3.72. The number of halogens is 1. The summed E-state index contributed by atoms with van der Waals surface area (Å²) in [6, 6.07) is 1.57. The van der Waals surface area contributed by atoms with Crippen molar-refractivity contribution in [3.05, 3.63) is 23.2 Å². The van der Waals surface area contributed by atoms with Crippen LogP contribution in [0.25, 0.3) is 0 Å². The van der Waals surface area contributed by atoms with Crippen LogP contribution in [0.1, 0.15) is 29.5 Å². The topological polar surface area (TPSA) is 39.2 Å². The van der Waals surface area contributed by atoms with E-state index in [4.69, 9.17) is 10.2 Å². The molecule has 0 saturated carbocycles. The molecule has 12 heavy (non-hydrogen) atoms. The van der Waals surface area contributed by atoms with Crippen molar-refractivity contribution in [1.82, 2.24) is 0 Å². The van der Waals surface area contributed by atoms with Gasteiger partial charge in [-0.15, -0.1) is 0 Å². The SMILES string of the molecule is Cc1cc([C@@H](N)CCF)oc1C. The van der Waals surface area contributed by atoms with E-state index in [1.165, 1.54) is 0 Å². The van der Waals surface area contributed by atoms with Gasteiger partial charge < -0.3 is 10.2 Å². The highest BCUT2D eigenvalue weighted by Gasteiger charge is 2.11. The summed E-state index contributed by atoms with van der Waals surface area (Å²) in [7, 11) is 0. The summed E-state index contributed by atoms with van der Waals surface area (Å²) in [5.41, 5.74) is 6.72. The molecule has 1 atom stereocenters. The molecule has 0 saturated heterocycles. The number of aryl methyl sites for hydroxylation is 2. The molecule has 0 aliphatic rings. The first kappa shape index (κ1) is 9.26. The first-order valence-electron chi connectivity index (χ1n) is 4.03. The lowest BCUT2D eigenvalue weighted by Crippen LogP contribution is -2.09. The Morgan fingerprint density at radius 1 is 1.58 bits per heavy atom. The van der Waals surface area contributed by atoms with E-state index in [1.54, 1.807) is 0 Å². The normalized spacial score (nSPS) is 13.3. The van der Waals surface area contributed by atoms with Gasteiger partial charge in [-0.25, -0.2) is 0 Å². The van der Waals surface area contributed by atoms with Crippen LogP contribution in [0.3, 0.4) is 0 Å². The summed E-state index contributed by atoms with van der Waals surface area (Å²) < 4.78 is 17.3. The zero-order valence-corrected chi connectivity index (χ0v) is 7.43. The molecule has 0 spiro atoms. The van der Waals surface area contributed by atoms with Crippen LogP contribution in [-0.4, -0.2) is 6.67 Å². The van der Waals surface area contributed by atoms with Crippen LogP contribution >= 0.6 is 0 Å². The van der Waals surface area contributed by atoms with Crippen LogP contribution in [0.2, 0.25) is 0 Å². The van der Waals surface area contributed by atoms with Gasteiger partial charge in [0.05, 0.1) is 12.7 Å². The van der Waals surface area contributed by atoms with Crippen molar-refractivity contribution < 1.29 is 8.81 Å². The third-order valence-corrected chi connectivity index (χ3v) is 1.97. The Balaban J connectivity index is 2.74. The minimum atomic E-state index is -0.403. The number of alkyl halides is 1. The second-order valence-corrected chi connectivity index (χ2v) is 2.97. The molecular formula is C9H14FNO. The van der Waals surface area contributed by atoms with Crippen molar-refractivity contribution in [1.29, 1.82) is 0 Å². The number of nitrogens with two attached hydrogens (primary N) is 1. The summed E-state index contributed by atoms with van der Waals surface area (Å²) in [5, 5.41) is 0. The Morgan fingerprint density at radius 2 is 2.25 bits per heavy atom. The molecule has 1 aromatic rings. The van der Waals surface area contributed by atoms with Gasteiger partial charge in [-0.05, 0) is 31.9 Å². The summed E-state index contributed by atoms with van der Waals surface area (Å²) in [4.78, 5) is 0. The number of furan rings is 1. The molecular weight excluding hydrogens is 157 g/mol. The zero-order valence-electron chi connectivity index (χ0n) is 7.43. The molecule has 68 valence electrons. The van der Waals surface area contributed by atoms with Crippen molar-refractivity contribution in [2.75, 3.05) is 6.67 Å².